The third-order valence-electron chi connectivity index (χ3n) is 4.34. The van der Waals surface area contributed by atoms with Crippen LogP contribution in [0.2, 0.25) is 0 Å². The van der Waals surface area contributed by atoms with Crippen molar-refractivity contribution in [3.05, 3.63) is 41.5 Å². The predicted molar refractivity (Wildman–Crippen MR) is 83.4 cm³/mol. The Labute approximate surface area is 126 Å². The van der Waals surface area contributed by atoms with Crippen LogP contribution >= 0.6 is 0 Å². The number of benzene rings is 1. The van der Waals surface area contributed by atoms with Gasteiger partial charge in [0.05, 0.1) is 0 Å². The Hall–Kier alpha value is -1.61. The van der Waals surface area contributed by atoms with Gasteiger partial charge < -0.3 is 9.84 Å². The van der Waals surface area contributed by atoms with Crippen LogP contribution in [-0.4, -0.2) is 16.7 Å². The smallest absolute Gasteiger partial charge is 0.272 e. The zero-order valence-electron chi connectivity index (χ0n) is 13.1. The maximum absolute atomic E-state index is 12.6. The highest BCUT2D eigenvalue weighted by Crippen LogP contribution is 2.40. The topological polar surface area (TPSA) is 46.5 Å². The van der Waals surface area contributed by atoms with Crippen molar-refractivity contribution >= 4 is 11.5 Å². The molecule has 3 heteroatoms. The Morgan fingerprint density at radius 1 is 1.14 bits per heavy atom. The number of carbonyl (C=O) groups excluding carboxylic acids is 1. The molecule has 0 spiro atoms. The molecule has 3 nitrogen and oxygen atoms in total. The summed E-state index contributed by atoms with van der Waals surface area (Å²) in [6, 6.07) is 9.57. The predicted octanol–water partition coefficient (Wildman–Crippen LogP) is 3.92. The van der Waals surface area contributed by atoms with Crippen LogP contribution < -0.4 is 0 Å². The van der Waals surface area contributed by atoms with Crippen molar-refractivity contribution in [2.24, 2.45) is 5.92 Å². The summed E-state index contributed by atoms with van der Waals surface area (Å²) in [6.45, 7) is 6.02. The third kappa shape index (κ3) is 3.03. The Bertz CT molecular complexity index is 529. The molecule has 0 aliphatic carbocycles. The quantitative estimate of drug-likeness (QED) is 0.863. The molecular weight excluding hydrogens is 264 g/mol. The average Bonchev–Trinajstić information content (AvgIpc) is 2.78. The number of rotatable bonds is 6. The van der Waals surface area contributed by atoms with Crippen LogP contribution in [-0.2, 0) is 9.53 Å². The molecule has 0 saturated heterocycles. The number of hydrogen-bond acceptors (Lipinski definition) is 3. The highest BCUT2D eigenvalue weighted by atomic mass is 16.6. The summed E-state index contributed by atoms with van der Waals surface area (Å²) in [5.74, 6) is -0.968. The van der Waals surface area contributed by atoms with E-state index >= 15 is 0 Å². The summed E-state index contributed by atoms with van der Waals surface area (Å²) >= 11 is 0. The van der Waals surface area contributed by atoms with Crippen LogP contribution in [0.25, 0.3) is 5.76 Å². The second kappa shape index (κ2) is 6.44. The molecule has 1 atom stereocenters. The van der Waals surface area contributed by atoms with E-state index < -0.39 is 5.79 Å². The lowest BCUT2D eigenvalue weighted by Crippen LogP contribution is -2.36. The fraction of sp³-hybridized carbons (Fsp3) is 0.500. The number of ketones is 1. The van der Waals surface area contributed by atoms with Crippen LogP contribution in [0.4, 0.5) is 0 Å². The molecule has 1 aromatic carbocycles. The molecule has 1 aliphatic rings. The highest BCUT2D eigenvalue weighted by Gasteiger charge is 2.47. The summed E-state index contributed by atoms with van der Waals surface area (Å²) in [5, 5.41) is 10.4. The molecule has 0 bridgehead atoms. The Morgan fingerprint density at radius 3 is 2.29 bits per heavy atom. The third-order valence-corrected chi connectivity index (χ3v) is 4.34. The largest absolute Gasteiger partial charge is 0.454 e. The van der Waals surface area contributed by atoms with Gasteiger partial charge in [-0.25, -0.2) is 0 Å². The van der Waals surface area contributed by atoms with Crippen molar-refractivity contribution in [1.82, 2.24) is 0 Å². The minimum Gasteiger partial charge on any atom is -0.454 e. The van der Waals surface area contributed by atoms with E-state index in [-0.39, 0.29) is 12.2 Å². The standard InChI is InChI=1S/C18H24O3/c1-4-13(5-2)12-15-16(14-10-8-7-9-11-14)21-18(20,6-3)17(15)19/h7-11,13,20H,4-6,12H2,1-3H3. The van der Waals surface area contributed by atoms with Crippen molar-refractivity contribution in [1.29, 1.82) is 0 Å². The van der Waals surface area contributed by atoms with E-state index in [1.54, 1.807) is 6.92 Å². The van der Waals surface area contributed by atoms with Crippen LogP contribution in [0.3, 0.4) is 0 Å². The van der Waals surface area contributed by atoms with Gasteiger partial charge in [0, 0.05) is 17.6 Å². The van der Waals surface area contributed by atoms with Crippen molar-refractivity contribution in [2.45, 2.75) is 52.2 Å². The fourth-order valence-electron chi connectivity index (χ4n) is 2.72. The minimum absolute atomic E-state index is 0.259. The van der Waals surface area contributed by atoms with E-state index in [1.165, 1.54) is 0 Å². The van der Waals surface area contributed by atoms with Crippen LogP contribution in [0.5, 0.6) is 0 Å². The van der Waals surface area contributed by atoms with E-state index in [0.717, 1.165) is 18.4 Å². The zero-order valence-corrected chi connectivity index (χ0v) is 13.1. The van der Waals surface area contributed by atoms with Gasteiger partial charge in [0.1, 0.15) is 5.76 Å². The molecule has 0 amide bonds. The molecule has 1 N–H and O–H groups in total. The maximum Gasteiger partial charge on any atom is 0.272 e. The number of Topliss-reactive ketones (excluding diaryl/α,β-unsaturated/α-hetero) is 1. The second-order valence-electron chi connectivity index (χ2n) is 5.63. The van der Waals surface area contributed by atoms with Gasteiger partial charge in [-0.3, -0.25) is 4.79 Å². The fourth-order valence-corrected chi connectivity index (χ4v) is 2.72. The molecule has 1 aliphatic heterocycles. The molecule has 0 aromatic heterocycles. The van der Waals surface area contributed by atoms with E-state index in [9.17, 15) is 9.90 Å². The number of aliphatic hydroxyl groups is 1. The summed E-state index contributed by atoms with van der Waals surface area (Å²) < 4.78 is 5.68. The Kier molecular flexibility index (Phi) is 4.84. The maximum atomic E-state index is 12.6. The van der Waals surface area contributed by atoms with E-state index in [0.29, 0.717) is 23.7 Å². The monoisotopic (exact) mass is 288 g/mol. The second-order valence-corrected chi connectivity index (χ2v) is 5.63. The van der Waals surface area contributed by atoms with E-state index in [2.05, 4.69) is 13.8 Å². The molecule has 21 heavy (non-hydrogen) atoms. The van der Waals surface area contributed by atoms with E-state index in [1.807, 2.05) is 30.3 Å². The van der Waals surface area contributed by atoms with Gasteiger partial charge >= 0.3 is 0 Å². The van der Waals surface area contributed by atoms with Crippen molar-refractivity contribution in [3.63, 3.8) is 0 Å². The van der Waals surface area contributed by atoms with Gasteiger partial charge in [0.15, 0.2) is 0 Å². The molecule has 2 rings (SSSR count). The van der Waals surface area contributed by atoms with Crippen molar-refractivity contribution in [2.75, 3.05) is 0 Å². The van der Waals surface area contributed by atoms with Crippen LogP contribution in [0, 0.1) is 5.92 Å². The van der Waals surface area contributed by atoms with Gasteiger partial charge in [-0.15, -0.1) is 0 Å². The van der Waals surface area contributed by atoms with Gasteiger partial charge in [0.2, 0.25) is 5.78 Å². The lowest BCUT2D eigenvalue weighted by Gasteiger charge is -2.20. The normalized spacial score (nSPS) is 22.0. The Balaban J connectivity index is 2.42. The summed E-state index contributed by atoms with van der Waals surface area (Å²) in [6.07, 6.45) is 2.95. The molecule has 114 valence electrons. The molecule has 0 radical (unpaired) electrons. The van der Waals surface area contributed by atoms with Gasteiger partial charge in [-0.05, 0) is 12.3 Å². The van der Waals surface area contributed by atoms with E-state index in [4.69, 9.17) is 4.74 Å². The van der Waals surface area contributed by atoms with Crippen molar-refractivity contribution < 1.29 is 14.6 Å². The average molecular weight is 288 g/mol. The molecule has 0 fully saturated rings. The first-order valence-electron chi connectivity index (χ1n) is 7.80. The highest BCUT2D eigenvalue weighted by molar-refractivity contribution is 6.09. The van der Waals surface area contributed by atoms with Crippen molar-refractivity contribution in [3.8, 4) is 0 Å². The van der Waals surface area contributed by atoms with Crippen LogP contribution in [0.1, 0.15) is 52.0 Å². The lowest BCUT2D eigenvalue weighted by atomic mass is 9.89. The molecule has 1 unspecified atom stereocenters. The number of ether oxygens (including phenoxy) is 1. The first-order valence-corrected chi connectivity index (χ1v) is 7.80. The zero-order chi connectivity index (χ0) is 15.5. The number of carbonyl (C=O) groups is 1. The first-order chi connectivity index (χ1) is 10.1. The van der Waals surface area contributed by atoms with Crippen LogP contribution in [0.15, 0.2) is 35.9 Å². The first kappa shape index (κ1) is 15.8. The molecular formula is C18H24O3. The van der Waals surface area contributed by atoms with Gasteiger partial charge in [-0.1, -0.05) is 63.9 Å². The SMILES string of the molecule is CCC(CC)CC1=C(c2ccccc2)OC(O)(CC)C1=O. The molecule has 1 aromatic rings. The summed E-state index contributed by atoms with van der Waals surface area (Å²) in [4.78, 5) is 12.6. The number of hydrogen-bond donors (Lipinski definition) is 1. The lowest BCUT2D eigenvalue weighted by molar-refractivity contribution is -0.170. The minimum atomic E-state index is -1.69. The molecule has 1 heterocycles. The molecule has 0 saturated carbocycles. The van der Waals surface area contributed by atoms with Gasteiger partial charge in [-0.2, -0.15) is 0 Å². The Morgan fingerprint density at radius 2 is 1.76 bits per heavy atom. The summed E-state index contributed by atoms with van der Waals surface area (Å²) in [5.41, 5.74) is 1.50. The summed E-state index contributed by atoms with van der Waals surface area (Å²) in [7, 11) is 0. The van der Waals surface area contributed by atoms with Gasteiger partial charge in [0.25, 0.3) is 5.79 Å².